The summed E-state index contributed by atoms with van der Waals surface area (Å²) in [6, 6.07) is 13.1. The molecule has 2 aliphatic heterocycles. The summed E-state index contributed by atoms with van der Waals surface area (Å²) in [6.07, 6.45) is -4.69. The van der Waals surface area contributed by atoms with Crippen LogP contribution < -0.4 is 14.4 Å². The summed E-state index contributed by atoms with van der Waals surface area (Å²) in [5, 5.41) is 19.8. The number of hydrogen-bond donors (Lipinski definition) is 2. The van der Waals surface area contributed by atoms with Gasteiger partial charge in [0.2, 0.25) is 0 Å². The van der Waals surface area contributed by atoms with Gasteiger partial charge >= 0.3 is 18.1 Å². The van der Waals surface area contributed by atoms with Crippen LogP contribution in [0.15, 0.2) is 54.6 Å². The Bertz CT molecular complexity index is 1730. The van der Waals surface area contributed by atoms with Crippen LogP contribution in [0.1, 0.15) is 42.8 Å². The number of carboxylic acid groups (broad SMARTS) is 1. The third-order valence-corrected chi connectivity index (χ3v) is 7.92. The van der Waals surface area contributed by atoms with Crippen molar-refractivity contribution in [3.05, 3.63) is 71.5 Å². The summed E-state index contributed by atoms with van der Waals surface area (Å²) in [7, 11) is 0. The number of anilines is 1. The molecule has 3 atom stereocenters. The Morgan fingerprint density at radius 3 is 2.57 bits per heavy atom. The molecule has 0 aliphatic carbocycles. The zero-order valence-electron chi connectivity index (χ0n) is 22.6. The van der Waals surface area contributed by atoms with Crippen LogP contribution in [-0.2, 0) is 16.0 Å². The molecular weight excluding hydrogens is 555 g/mol. The van der Waals surface area contributed by atoms with Gasteiger partial charge in [0.1, 0.15) is 35.2 Å². The Hall–Kier alpha value is -4.74. The first-order chi connectivity index (χ1) is 20.0. The van der Waals surface area contributed by atoms with E-state index in [0.29, 0.717) is 50.7 Å². The molecule has 3 heterocycles. The molecule has 0 spiro atoms. The number of carbonyl (C=O) groups is 2. The van der Waals surface area contributed by atoms with Gasteiger partial charge in [-0.25, -0.2) is 4.98 Å². The third-order valence-electron chi connectivity index (χ3n) is 7.92. The molecule has 1 amide bonds. The summed E-state index contributed by atoms with van der Waals surface area (Å²) in [5.41, 5.74) is 2.36. The Kier molecular flexibility index (Phi) is 6.51. The van der Waals surface area contributed by atoms with Gasteiger partial charge in [0, 0.05) is 35.2 Å². The number of benzene rings is 3. The fraction of sp³-hybridized carbons (Fsp3) is 0.300. The molecule has 2 aliphatic rings. The van der Waals surface area contributed by atoms with Crippen molar-refractivity contribution in [2.45, 2.75) is 38.4 Å². The Balaban J connectivity index is 1.46. The first kappa shape index (κ1) is 27.4. The number of hydrogen-bond acceptors (Lipinski definition) is 6. The van der Waals surface area contributed by atoms with Crippen LogP contribution in [0.5, 0.6) is 17.2 Å². The molecule has 4 aromatic rings. The number of carboxylic acids is 1. The molecule has 0 bridgehead atoms. The molecular formula is C30H26F3N3O6. The van der Waals surface area contributed by atoms with E-state index in [2.05, 4.69) is 4.98 Å². The van der Waals surface area contributed by atoms with Gasteiger partial charge in [-0.2, -0.15) is 13.2 Å². The molecule has 12 heteroatoms. The highest BCUT2D eigenvalue weighted by atomic mass is 19.4. The molecule has 1 unspecified atom stereocenters. The number of nitrogens with zero attached hydrogens (tertiary/aromatic N) is 3. The lowest BCUT2D eigenvalue weighted by Gasteiger charge is -2.29. The first-order valence-electron chi connectivity index (χ1n) is 13.4. The Morgan fingerprint density at radius 1 is 1.10 bits per heavy atom. The third kappa shape index (κ3) is 4.29. The van der Waals surface area contributed by atoms with E-state index in [4.69, 9.17) is 9.47 Å². The van der Waals surface area contributed by atoms with Crippen LogP contribution in [0.3, 0.4) is 0 Å². The number of halogens is 3. The molecule has 42 heavy (non-hydrogen) atoms. The zero-order valence-corrected chi connectivity index (χ0v) is 22.6. The molecule has 0 radical (unpaired) electrons. The number of para-hydroxylation sites is 2. The number of aliphatic carboxylic acids is 1. The summed E-state index contributed by atoms with van der Waals surface area (Å²) in [6.45, 7) is 3.25. The van der Waals surface area contributed by atoms with Gasteiger partial charge in [-0.05, 0) is 24.3 Å². The van der Waals surface area contributed by atoms with Crippen LogP contribution in [-0.4, -0.2) is 51.0 Å². The summed E-state index contributed by atoms with van der Waals surface area (Å²) < 4.78 is 55.5. The second kappa shape index (κ2) is 9.97. The normalized spacial score (nSPS) is 18.2. The minimum Gasteiger partial charge on any atom is -0.506 e. The quantitative estimate of drug-likeness (QED) is 0.308. The zero-order chi connectivity index (χ0) is 29.9. The number of imidazole rings is 1. The lowest BCUT2D eigenvalue weighted by molar-refractivity contribution is -0.171. The largest absolute Gasteiger partial charge is 0.506 e. The number of aryl methyl sites for hydroxylation is 1. The van der Waals surface area contributed by atoms with E-state index in [-0.39, 0.29) is 30.4 Å². The lowest BCUT2D eigenvalue weighted by Crippen LogP contribution is -2.44. The van der Waals surface area contributed by atoms with E-state index >= 15 is 0 Å². The van der Waals surface area contributed by atoms with Crippen molar-refractivity contribution >= 4 is 28.6 Å². The fourth-order valence-corrected chi connectivity index (χ4v) is 5.78. The maximum atomic E-state index is 14.0. The van der Waals surface area contributed by atoms with Gasteiger partial charge < -0.3 is 19.7 Å². The van der Waals surface area contributed by atoms with E-state index in [0.717, 1.165) is 0 Å². The predicted octanol–water partition coefficient (Wildman–Crippen LogP) is 5.52. The Morgan fingerprint density at radius 2 is 1.86 bits per heavy atom. The number of phenolic OH excluding ortho intramolecular Hbond substituents is 1. The highest BCUT2D eigenvalue weighted by Crippen LogP contribution is 2.47. The average Bonchev–Trinajstić information content (AvgIpc) is 3.68. The van der Waals surface area contributed by atoms with Crippen molar-refractivity contribution in [1.29, 1.82) is 0 Å². The minimum absolute atomic E-state index is 0.00640. The second-order valence-corrected chi connectivity index (χ2v) is 10.3. The molecule has 0 saturated heterocycles. The number of aromatic hydroxyl groups is 1. The summed E-state index contributed by atoms with van der Waals surface area (Å²) in [4.78, 5) is 29.7. The van der Waals surface area contributed by atoms with E-state index in [1.54, 1.807) is 34.9 Å². The highest BCUT2D eigenvalue weighted by Gasteiger charge is 2.48. The molecule has 3 aromatic carbocycles. The van der Waals surface area contributed by atoms with Gasteiger partial charge in [-0.1, -0.05) is 38.1 Å². The monoisotopic (exact) mass is 581 g/mol. The fourth-order valence-electron chi connectivity index (χ4n) is 5.78. The van der Waals surface area contributed by atoms with Crippen molar-refractivity contribution < 1.29 is 42.4 Å². The Labute approximate surface area is 237 Å². The average molecular weight is 582 g/mol. The van der Waals surface area contributed by atoms with Crippen LogP contribution in [0.4, 0.5) is 18.9 Å². The van der Waals surface area contributed by atoms with Crippen molar-refractivity contribution in [2.24, 2.45) is 5.92 Å². The van der Waals surface area contributed by atoms with Gasteiger partial charge in [0.15, 0.2) is 0 Å². The standard InChI is InChI=1S/C30H26F3N3O6/c1-3-25-34-26-20(7-5-9-23(26)37)36(25)21-8-4-6-18-22(14-42-27(18)21)35(29(40)30(31,32)33)16-10-11-17-19(15(2)28(38)39)13-41-24(17)12-16/h4-12,15,19,22,37H,3,13-14H2,1-2H3,(H,38,39)/t15?,19-,22+/m0/s1. The number of aromatic nitrogens is 2. The SMILES string of the molecule is CCc1nc2c(O)cccc2n1-c1cccc2c1OC[C@H]2N(C(=O)C(F)(F)F)c1ccc2c(c1)OC[C@H]2C(C)C(=O)O. The number of alkyl halides is 3. The van der Waals surface area contributed by atoms with Gasteiger partial charge in [-0.3, -0.25) is 19.1 Å². The summed E-state index contributed by atoms with van der Waals surface area (Å²) >= 11 is 0. The van der Waals surface area contributed by atoms with Crippen LogP contribution in [0.2, 0.25) is 0 Å². The molecule has 2 N–H and O–H groups in total. The van der Waals surface area contributed by atoms with E-state index in [9.17, 15) is 33.0 Å². The van der Waals surface area contributed by atoms with E-state index < -0.39 is 35.9 Å². The first-order valence-corrected chi connectivity index (χ1v) is 13.4. The number of ether oxygens (including phenoxy) is 2. The molecule has 6 rings (SSSR count). The van der Waals surface area contributed by atoms with Crippen molar-refractivity contribution in [1.82, 2.24) is 9.55 Å². The molecule has 1 aromatic heterocycles. The topological polar surface area (TPSA) is 114 Å². The van der Waals surface area contributed by atoms with Crippen LogP contribution in [0.25, 0.3) is 16.7 Å². The van der Waals surface area contributed by atoms with Crippen molar-refractivity contribution in [3.63, 3.8) is 0 Å². The van der Waals surface area contributed by atoms with E-state index in [1.165, 1.54) is 31.2 Å². The van der Waals surface area contributed by atoms with Crippen molar-refractivity contribution in [3.8, 4) is 22.9 Å². The molecule has 0 saturated carbocycles. The highest BCUT2D eigenvalue weighted by molar-refractivity contribution is 5.98. The molecule has 218 valence electrons. The summed E-state index contributed by atoms with van der Waals surface area (Å²) in [5.74, 6) is -3.21. The second-order valence-electron chi connectivity index (χ2n) is 10.3. The number of rotatable bonds is 6. The lowest BCUT2D eigenvalue weighted by atomic mass is 9.89. The van der Waals surface area contributed by atoms with Gasteiger partial charge in [0.05, 0.1) is 29.8 Å². The predicted molar refractivity (Wildman–Crippen MR) is 145 cm³/mol. The number of phenols is 1. The minimum atomic E-state index is -5.19. The molecule has 0 fully saturated rings. The van der Waals surface area contributed by atoms with E-state index in [1.807, 2.05) is 6.92 Å². The number of amides is 1. The number of fused-ring (bicyclic) bond motifs is 3. The smallest absolute Gasteiger partial charge is 0.471 e. The van der Waals surface area contributed by atoms with Crippen molar-refractivity contribution in [2.75, 3.05) is 18.1 Å². The van der Waals surface area contributed by atoms with Gasteiger partial charge in [-0.15, -0.1) is 0 Å². The van der Waals surface area contributed by atoms with Gasteiger partial charge in [0.25, 0.3) is 0 Å². The molecule has 9 nitrogen and oxygen atoms in total. The number of carbonyl (C=O) groups excluding carboxylic acids is 1. The maximum Gasteiger partial charge on any atom is 0.471 e. The van der Waals surface area contributed by atoms with Crippen LogP contribution >= 0.6 is 0 Å². The van der Waals surface area contributed by atoms with Crippen LogP contribution in [0, 0.1) is 5.92 Å². The maximum absolute atomic E-state index is 14.0.